The first kappa shape index (κ1) is 15.0. The molecule has 0 aromatic carbocycles. The van der Waals surface area contributed by atoms with Crippen LogP contribution in [0.25, 0.3) is 22.7 Å². The van der Waals surface area contributed by atoms with Gasteiger partial charge in [0, 0.05) is 30.5 Å². The number of aromatic nitrogens is 6. The topological polar surface area (TPSA) is 72.3 Å². The standard InChI is InChI=1S/C17H18N6S/c1-11(7-13-3-4-18-16-15(13)20-10-21-16)8-23-6-5-19-17(23)14-9-24-12(2)22-14/h3-6,9-11H,7-8H2,1-2H3,(H,18,20,21). The summed E-state index contributed by atoms with van der Waals surface area (Å²) in [6, 6.07) is 2.07. The molecule has 4 aromatic heterocycles. The van der Waals surface area contributed by atoms with Crippen LogP contribution >= 0.6 is 11.3 Å². The molecule has 0 aliphatic carbocycles. The summed E-state index contributed by atoms with van der Waals surface area (Å²) in [7, 11) is 0. The molecule has 4 rings (SSSR count). The zero-order chi connectivity index (χ0) is 16.5. The Morgan fingerprint density at radius 1 is 1.25 bits per heavy atom. The normalized spacial score (nSPS) is 12.8. The van der Waals surface area contributed by atoms with E-state index in [0.29, 0.717) is 5.92 Å². The molecule has 6 nitrogen and oxygen atoms in total. The number of hydrogen-bond acceptors (Lipinski definition) is 5. The maximum Gasteiger partial charge on any atom is 0.177 e. The number of aromatic amines is 1. The smallest absolute Gasteiger partial charge is 0.177 e. The highest BCUT2D eigenvalue weighted by Crippen LogP contribution is 2.22. The second-order valence-electron chi connectivity index (χ2n) is 6.04. The molecule has 24 heavy (non-hydrogen) atoms. The molecule has 0 radical (unpaired) electrons. The highest BCUT2D eigenvalue weighted by molar-refractivity contribution is 7.09. The van der Waals surface area contributed by atoms with Crippen molar-refractivity contribution in [2.75, 3.05) is 0 Å². The molecule has 4 heterocycles. The van der Waals surface area contributed by atoms with Gasteiger partial charge in [0.15, 0.2) is 11.5 Å². The largest absolute Gasteiger partial charge is 0.343 e. The molecule has 0 spiro atoms. The van der Waals surface area contributed by atoms with Crippen LogP contribution < -0.4 is 0 Å². The van der Waals surface area contributed by atoms with Gasteiger partial charge in [-0.15, -0.1) is 11.3 Å². The summed E-state index contributed by atoms with van der Waals surface area (Å²) >= 11 is 1.65. The minimum absolute atomic E-state index is 0.451. The van der Waals surface area contributed by atoms with Gasteiger partial charge < -0.3 is 9.55 Å². The van der Waals surface area contributed by atoms with Crippen molar-refractivity contribution in [3.63, 3.8) is 0 Å². The van der Waals surface area contributed by atoms with Crippen LogP contribution in [-0.4, -0.2) is 29.5 Å². The van der Waals surface area contributed by atoms with Crippen molar-refractivity contribution in [1.29, 1.82) is 0 Å². The molecule has 1 N–H and O–H groups in total. The fraction of sp³-hybridized carbons (Fsp3) is 0.294. The van der Waals surface area contributed by atoms with Gasteiger partial charge in [0.05, 0.1) is 16.9 Å². The molecule has 1 unspecified atom stereocenters. The first-order valence-corrected chi connectivity index (χ1v) is 8.79. The van der Waals surface area contributed by atoms with Crippen molar-refractivity contribution in [3.8, 4) is 11.5 Å². The van der Waals surface area contributed by atoms with Crippen LogP contribution in [0.2, 0.25) is 0 Å². The van der Waals surface area contributed by atoms with Crippen molar-refractivity contribution in [2.24, 2.45) is 5.92 Å². The molecule has 7 heteroatoms. The summed E-state index contributed by atoms with van der Waals surface area (Å²) in [5.41, 5.74) is 4.01. The average Bonchev–Trinajstić information content (AvgIpc) is 3.27. The molecule has 4 aromatic rings. The van der Waals surface area contributed by atoms with Gasteiger partial charge in [-0.2, -0.15) is 0 Å². The molecule has 0 fully saturated rings. The zero-order valence-corrected chi connectivity index (χ0v) is 14.4. The number of H-pyrrole nitrogens is 1. The van der Waals surface area contributed by atoms with Crippen molar-refractivity contribution in [3.05, 3.63) is 46.9 Å². The number of hydrogen-bond donors (Lipinski definition) is 1. The predicted molar refractivity (Wildman–Crippen MR) is 94.8 cm³/mol. The average molecular weight is 338 g/mol. The lowest BCUT2D eigenvalue weighted by Crippen LogP contribution is -2.11. The number of thiazole rings is 1. The summed E-state index contributed by atoms with van der Waals surface area (Å²) in [5, 5.41) is 3.13. The van der Waals surface area contributed by atoms with Crippen LogP contribution in [0.3, 0.4) is 0 Å². The first-order valence-electron chi connectivity index (χ1n) is 7.91. The van der Waals surface area contributed by atoms with Gasteiger partial charge in [0.1, 0.15) is 5.69 Å². The monoisotopic (exact) mass is 338 g/mol. The Hall–Kier alpha value is -2.54. The lowest BCUT2D eigenvalue weighted by Gasteiger charge is -2.14. The van der Waals surface area contributed by atoms with E-state index in [2.05, 4.69) is 47.9 Å². The number of rotatable bonds is 5. The van der Waals surface area contributed by atoms with E-state index < -0.39 is 0 Å². The van der Waals surface area contributed by atoms with E-state index in [1.807, 2.05) is 25.5 Å². The number of nitrogens with one attached hydrogen (secondary N) is 1. The highest BCUT2D eigenvalue weighted by atomic mass is 32.1. The van der Waals surface area contributed by atoms with E-state index in [1.165, 1.54) is 5.56 Å². The van der Waals surface area contributed by atoms with Crippen LogP contribution in [0.5, 0.6) is 0 Å². The van der Waals surface area contributed by atoms with Crippen molar-refractivity contribution in [2.45, 2.75) is 26.8 Å². The number of nitrogens with zero attached hydrogens (tertiary/aromatic N) is 5. The van der Waals surface area contributed by atoms with Crippen molar-refractivity contribution in [1.82, 2.24) is 29.5 Å². The summed E-state index contributed by atoms with van der Waals surface area (Å²) in [6.07, 6.45) is 8.35. The Morgan fingerprint density at radius 3 is 3.00 bits per heavy atom. The third kappa shape index (κ3) is 2.82. The molecule has 0 aliphatic rings. The number of fused-ring (bicyclic) bond motifs is 1. The fourth-order valence-corrected chi connectivity index (χ4v) is 3.60. The van der Waals surface area contributed by atoms with E-state index in [9.17, 15) is 0 Å². The van der Waals surface area contributed by atoms with Gasteiger partial charge in [-0.3, -0.25) is 0 Å². The van der Waals surface area contributed by atoms with Gasteiger partial charge in [0.2, 0.25) is 0 Å². The summed E-state index contributed by atoms with van der Waals surface area (Å²) in [6.45, 7) is 5.16. The van der Waals surface area contributed by atoms with E-state index >= 15 is 0 Å². The van der Waals surface area contributed by atoms with E-state index in [-0.39, 0.29) is 0 Å². The predicted octanol–water partition coefficient (Wildman–Crippen LogP) is 3.47. The lowest BCUT2D eigenvalue weighted by molar-refractivity contribution is 0.483. The van der Waals surface area contributed by atoms with Crippen molar-refractivity contribution >= 4 is 22.5 Å². The Bertz CT molecular complexity index is 966. The van der Waals surface area contributed by atoms with Crippen LogP contribution in [0.4, 0.5) is 0 Å². The number of imidazole rings is 2. The summed E-state index contributed by atoms with van der Waals surface area (Å²) in [5.74, 6) is 1.39. The SMILES string of the molecule is Cc1nc(-c2nccn2CC(C)Cc2ccnc3nc[nH]c23)cs1. The molecular formula is C17H18N6S. The molecule has 0 amide bonds. The van der Waals surface area contributed by atoms with Crippen LogP contribution in [0.1, 0.15) is 17.5 Å². The Morgan fingerprint density at radius 2 is 2.17 bits per heavy atom. The number of aryl methyl sites for hydroxylation is 1. The molecule has 0 saturated carbocycles. The maximum absolute atomic E-state index is 4.55. The summed E-state index contributed by atoms with van der Waals surface area (Å²) < 4.78 is 2.19. The third-order valence-electron chi connectivity index (χ3n) is 4.05. The minimum atomic E-state index is 0.451. The van der Waals surface area contributed by atoms with Gasteiger partial charge >= 0.3 is 0 Å². The van der Waals surface area contributed by atoms with E-state index in [0.717, 1.165) is 40.7 Å². The Balaban J connectivity index is 1.54. The summed E-state index contributed by atoms with van der Waals surface area (Å²) in [4.78, 5) is 20.7. The third-order valence-corrected chi connectivity index (χ3v) is 4.83. The quantitative estimate of drug-likeness (QED) is 0.605. The van der Waals surface area contributed by atoms with Gasteiger partial charge in [-0.05, 0) is 30.9 Å². The molecule has 0 bridgehead atoms. The fourth-order valence-electron chi connectivity index (χ4n) is 3.00. The van der Waals surface area contributed by atoms with Gasteiger partial charge in [0.25, 0.3) is 0 Å². The van der Waals surface area contributed by atoms with Crippen LogP contribution in [0, 0.1) is 12.8 Å². The van der Waals surface area contributed by atoms with E-state index in [1.54, 1.807) is 17.7 Å². The number of pyridine rings is 1. The molecular weight excluding hydrogens is 320 g/mol. The van der Waals surface area contributed by atoms with Gasteiger partial charge in [-0.1, -0.05) is 6.92 Å². The molecule has 0 saturated heterocycles. The lowest BCUT2D eigenvalue weighted by atomic mass is 10.0. The van der Waals surface area contributed by atoms with Crippen LogP contribution in [0.15, 0.2) is 36.4 Å². The van der Waals surface area contributed by atoms with Gasteiger partial charge in [-0.25, -0.2) is 19.9 Å². The molecule has 122 valence electrons. The zero-order valence-electron chi connectivity index (χ0n) is 13.6. The first-order chi connectivity index (χ1) is 11.7. The Labute approximate surface area is 143 Å². The second-order valence-corrected chi connectivity index (χ2v) is 7.10. The Kier molecular flexibility index (Phi) is 3.86. The molecule has 1 atom stereocenters. The van der Waals surface area contributed by atoms with Crippen LogP contribution in [-0.2, 0) is 13.0 Å². The van der Waals surface area contributed by atoms with E-state index in [4.69, 9.17) is 0 Å². The minimum Gasteiger partial charge on any atom is -0.343 e. The maximum atomic E-state index is 4.55. The van der Waals surface area contributed by atoms with Crippen molar-refractivity contribution < 1.29 is 0 Å². The molecule has 0 aliphatic heterocycles. The highest BCUT2D eigenvalue weighted by Gasteiger charge is 2.14. The second kappa shape index (κ2) is 6.16.